The van der Waals surface area contributed by atoms with Crippen molar-refractivity contribution in [3.8, 4) is 0 Å². The highest BCUT2D eigenvalue weighted by Gasteiger charge is 2.11. The Balaban J connectivity index is 2.91. The summed E-state index contributed by atoms with van der Waals surface area (Å²) >= 11 is 5.69. The van der Waals surface area contributed by atoms with Crippen molar-refractivity contribution in [2.45, 2.75) is 6.10 Å². The number of nitrogens with zero attached hydrogens (tertiary/aromatic N) is 1. The molecule has 13 heavy (non-hydrogen) atoms. The van der Waals surface area contributed by atoms with Crippen molar-refractivity contribution in [3.63, 3.8) is 0 Å². The number of nitrogen functional groups attached to an aromatic ring is 1. The zero-order valence-corrected chi connectivity index (χ0v) is 7.95. The lowest BCUT2D eigenvalue weighted by Crippen LogP contribution is -2.09. The van der Waals surface area contributed by atoms with Crippen LogP contribution in [0.2, 0.25) is 5.02 Å². The van der Waals surface area contributed by atoms with E-state index >= 15 is 0 Å². The standard InChI is InChI=1S/C8H11ClN2O2/c1-13-4-7(12)6-2-5(9)3-11-8(6)10/h2-3,7,12H,4H2,1H3,(H2,10,11). The van der Waals surface area contributed by atoms with E-state index in [1.165, 1.54) is 13.3 Å². The van der Waals surface area contributed by atoms with E-state index < -0.39 is 6.10 Å². The van der Waals surface area contributed by atoms with Crippen molar-refractivity contribution in [2.24, 2.45) is 0 Å². The zero-order chi connectivity index (χ0) is 9.84. The number of rotatable bonds is 3. The maximum Gasteiger partial charge on any atom is 0.129 e. The number of methoxy groups -OCH3 is 1. The van der Waals surface area contributed by atoms with Crippen LogP contribution in [0, 0.1) is 0 Å². The van der Waals surface area contributed by atoms with Crippen LogP contribution in [0.5, 0.6) is 0 Å². The number of aliphatic hydroxyl groups excluding tert-OH is 1. The Morgan fingerprint density at radius 3 is 3.08 bits per heavy atom. The van der Waals surface area contributed by atoms with Crippen molar-refractivity contribution in [1.82, 2.24) is 4.98 Å². The largest absolute Gasteiger partial charge is 0.386 e. The third kappa shape index (κ3) is 2.55. The molecule has 0 aliphatic rings. The summed E-state index contributed by atoms with van der Waals surface area (Å²) in [6.07, 6.45) is 0.649. The number of anilines is 1. The Morgan fingerprint density at radius 2 is 2.46 bits per heavy atom. The van der Waals surface area contributed by atoms with Crippen LogP contribution in [-0.2, 0) is 4.74 Å². The molecule has 0 spiro atoms. The zero-order valence-electron chi connectivity index (χ0n) is 7.20. The smallest absolute Gasteiger partial charge is 0.129 e. The van der Waals surface area contributed by atoms with Crippen molar-refractivity contribution in [3.05, 3.63) is 22.8 Å². The second kappa shape index (κ2) is 4.41. The van der Waals surface area contributed by atoms with Crippen LogP contribution in [0.4, 0.5) is 5.82 Å². The van der Waals surface area contributed by atoms with E-state index in [2.05, 4.69) is 4.98 Å². The lowest BCUT2D eigenvalue weighted by molar-refractivity contribution is 0.0647. The molecule has 1 rings (SSSR count). The van der Waals surface area contributed by atoms with Gasteiger partial charge in [0.05, 0.1) is 11.6 Å². The van der Waals surface area contributed by atoms with Crippen LogP contribution >= 0.6 is 11.6 Å². The summed E-state index contributed by atoms with van der Waals surface area (Å²) in [4.78, 5) is 3.81. The first-order valence-corrected chi connectivity index (χ1v) is 4.11. The average Bonchev–Trinajstić information content (AvgIpc) is 2.09. The molecule has 5 heteroatoms. The third-order valence-corrected chi connectivity index (χ3v) is 1.81. The second-order valence-electron chi connectivity index (χ2n) is 2.60. The van der Waals surface area contributed by atoms with Crippen molar-refractivity contribution >= 4 is 17.4 Å². The van der Waals surface area contributed by atoms with Gasteiger partial charge in [-0.3, -0.25) is 0 Å². The van der Waals surface area contributed by atoms with Gasteiger partial charge in [0.1, 0.15) is 11.9 Å². The number of hydrogen-bond acceptors (Lipinski definition) is 4. The molecule has 3 N–H and O–H groups in total. The molecule has 0 radical (unpaired) electrons. The third-order valence-electron chi connectivity index (χ3n) is 1.60. The van der Waals surface area contributed by atoms with Gasteiger partial charge in [0.15, 0.2) is 0 Å². The van der Waals surface area contributed by atoms with Gasteiger partial charge < -0.3 is 15.6 Å². The Labute approximate surface area is 81.3 Å². The summed E-state index contributed by atoms with van der Waals surface area (Å²) in [7, 11) is 1.50. The van der Waals surface area contributed by atoms with Crippen LogP contribution in [-0.4, -0.2) is 23.8 Å². The van der Waals surface area contributed by atoms with Crippen molar-refractivity contribution in [1.29, 1.82) is 0 Å². The molecule has 0 saturated carbocycles. The summed E-state index contributed by atoms with van der Waals surface area (Å²) in [5.74, 6) is 0.272. The molecule has 1 unspecified atom stereocenters. The average molecular weight is 203 g/mol. The molecule has 0 aliphatic carbocycles. The molecule has 0 fully saturated rings. The van der Waals surface area contributed by atoms with Crippen LogP contribution in [0.15, 0.2) is 12.3 Å². The van der Waals surface area contributed by atoms with Crippen molar-refractivity contribution < 1.29 is 9.84 Å². The quantitative estimate of drug-likeness (QED) is 0.767. The van der Waals surface area contributed by atoms with Crippen LogP contribution in [0.1, 0.15) is 11.7 Å². The van der Waals surface area contributed by atoms with E-state index in [0.29, 0.717) is 10.6 Å². The monoisotopic (exact) mass is 202 g/mol. The van der Waals surface area contributed by atoms with Gasteiger partial charge in [-0.05, 0) is 6.07 Å². The highest BCUT2D eigenvalue weighted by Crippen LogP contribution is 2.21. The Morgan fingerprint density at radius 1 is 1.77 bits per heavy atom. The minimum absolute atomic E-state index is 0.173. The first-order valence-electron chi connectivity index (χ1n) is 3.73. The summed E-state index contributed by atoms with van der Waals surface area (Å²) in [5.41, 5.74) is 6.03. The molecular weight excluding hydrogens is 192 g/mol. The number of halogens is 1. The first-order chi connectivity index (χ1) is 6.15. The number of aliphatic hydroxyl groups is 1. The molecule has 1 aromatic rings. The van der Waals surface area contributed by atoms with Crippen LogP contribution in [0.25, 0.3) is 0 Å². The maximum atomic E-state index is 9.52. The molecule has 0 aliphatic heterocycles. The minimum Gasteiger partial charge on any atom is -0.386 e. The molecule has 0 amide bonds. The van der Waals surface area contributed by atoms with Gasteiger partial charge in [-0.2, -0.15) is 0 Å². The maximum absolute atomic E-state index is 9.52. The molecule has 4 nitrogen and oxygen atoms in total. The fraction of sp³-hybridized carbons (Fsp3) is 0.375. The predicted octanol–water partition coefficient (Wildman–Crippen LogP) is 0.997. The first kappa shape index (κ1) is 10.2. The van der Waals surface area contributed by atoms with Gasteiger partial charge in [-0.15, -0.1) is 0 Å². The molecule has 0 bridgehead atoms. The SMILES string of the molecule is COCC(O)c1cc(Cl)cnc1N. The number of nitrogens with two attached hydrogens (primary N) is 1. The highest BCUT2D eigenvalue weighted by molar-refractivity contribution is 6.30. The van der Waals surface area contributed by atoms with Gasteiger partial charge in [0, 0.05) is 18.9 Å². The topological polar surface area (TPSA) is 68.4 Å². The Kier molecular flexibility index (Phi) is 3.48. The molecule has 0 saturated heterocycles. The lowest BCUT2D eigenvalue weighted by atomic mass is 10.1. The lowest BCUT2D eigenvalue weighted by Gasteiger charge is -2.11. The van der Waals surface area contributed by atoms with Gasteiger partial charge >= 0.3 is 0 Å². The second-order valence-corrected chi connectivity index (χ2v) is 3.04. The number of ether oxygens (including phenoxy) is 1. The molecule has 1 atom stereocenters. The van der Waals surface area contributed by atoms with E-state index in [1.54, 1.807) is 6.07 Å². The molecule has 1 aromatic heterocycles. The van der Waals surface area contributed by atoms with Crippen molar-refractivity contribution in [2.75, 3.05) is 19.5 Å². The number of hydrogen-bond donors (Lipinski definition) is 2. The molecule has 0 aromatic carbocycles. The van der Waals surface area contributed by atoms with Crippen LogP contribution in [0.3, 0.4) is 0 Å². The highest BCUT2D eigenvalue weighted by atomic mass is 35.5. The van der Waals surface area contributed by atoms with Gasteiger partial charge in [-0.1, -0.05) is 11.6 Å². The molecular formula is C8H11ClN2O2. The fourth-order valence-electron chi connectivity index (χ4n) is 0.980. The predicted molar refractivity (Wildman–Crippen MR) is 50.5 cm³/mol. The van der Waals surface area contributed by atoms with Gasteiger partial charge in [0.2, 0.25) is 0 Å². The van der Waals surface area contributed by atoms with Crippen LogP contribution < -0.4 is 5.73 Å². The summed E-state index contributed by atoms with van der Waals surface area (Å²) in [6, 6.07) is 1.58. The van der Waals surface area contributed by atoms with E-state index in [-0.39, 0.29) is 12.4 Å². The molecule has 72 valence electrons. The Bertz CT molecular complexity index is 293. The fourth-order valence-corrected chi connectivity index (χ4v) is 1.15. The Hall–Kier alpha value is -0.840. The number of aromatic nitrogens is 1. The van der Waals surface area contributed by atoms with E-state index in [9.17, 15) is 5.11 Å². The van der Waals surface area contributed by atoms with Gasteiger partial charge in [0.25, 0.3) is 0 Å². The van der Waals surface area contributed by atoms with E-state index in [4.69, 9.17) is 22.1 Å². The van der Waals surface area contributed by atoms with Gasteiger partial charge in [-0.25, -0.2) is 4.98 Å². The summed E-state index contributed by atoms with van der Waals surface area (Å²) < 4.78 is 4.78. The summed E-state index contributed by atoms with van der Waals surface area (Å²) in [6.45, 7) is 0.173. The van der Waals surface area contributed by atoms with E-state index in [0.717, 1.165) is 0 Å². The molecule has 1 heterocycles. The minimum atomic E-state index is -0.781. The summed E-state index contributed by atoms with van der Waals surface area (Å²) in [5, 5.41) is 9.97. The van der Waals surface area contributed by atoms with E-state index in [1.807, 2.05) is 0 Å². The normalized spacial score (nSPS) is 12.8. The number of pyridine rings is 1.